The van der Waals surface area contributed by atoms with Crippen molar-refractivity contribution in [1.82, 2.24) is 0 Å². The summed E-state index contributed by atoms with van der Waals surface area (Å²) in [6.07, 6.45) is 4.21. The van der Waals surface area contributed by atoms with E-state index in [9.17, 15) is 9.59 Å². The molecule has 6 heteroatoms. The number of nitrogens with one attached hydrogen (secondary N) is 1. The number of hydrogen-bond acceptors (Lipinski definition) is 3. The van der Waals surface area contributed by atoms with Crippen LogP contribution in [-0.2, 0) is 4.74 Å². The molecule has 0 fully saturated rings. The highest BCUT2D eigenvalue weighted by Gasteiger charge is 2.12. The first-order valence-corrected chi connectivity index (χ1v) is 9.30. The Morgan fingerprint density at radius 3 is 2.38 bits per heavy atom. The second-order valence-electron chi connectivity index (χ2n) is 5.85. The molecular formula is C20H21Cl2NO3. The van der Waals surface area contributed by atoms with Gasteiger partial charge in [-0.2, -0.15) is 0 Å². The van der Waals surface area contributed by atoms with Crippen molar-refractivity contribution in [3.8, 4) is 0 Å². The predicted octanol–water partition coefficient (Wildman–Crippen LogP) is 5.98. The molecule has 0 bridgehead atoms. The summed E-state index contributed by atoms with van der Waals surface area (Å²) in [4.78, 5) is 24.2. The van der Waals surface area contributed by atoms with E-state index in [-0.39, 0.29) is 16.9 Å². The van der Waals surface area contributed by atoms with Gasteiger partial charge < -0.3 is 10.1 Å². The summed E-state index contributed by atoms with van der Waals surface area (Å²) >= 11 is 11.9. The molecule has 0 spiro atoms. The van der Waals surface area contributed by atoms with Crippen LogP contribution in [-0.4, -0.2) is 18.5 Å². The Balaban J connectivity index is 1.90. The number of anilines is 1. The summed E-state index contributed by atoms with van der Waals surface area (Å²) in [7, 11) is 0. The molecular weight excluding hydrogens is 373 g/mol. The largest absolute Gasteiger partial charge is 0.462 e. The highest BCUT2D eigenvalue weighted by molar-refractivity contribution is 6.37. The topological polar surface area (TPSA) is 55.4 Å². The van der Waals surface area contributed by atoms with E-state index in [4.69, 9.17) is 27.9 Å². The molecule has 0 aliphatic carbocycles. The van der Waals surface area contributed by atoms with Crippen LogP contribution in [0.1, 0.15) is 53.3 Å². The zero-order valence-electron chi connectivity index (χ0n) is 14.6. The lowest BCUT2D eigenvalue weighted by atomic mass is 10.2. The van der Waals surface area contributed by atoms with Crippen LogP contribution >= 0.6 is 23.2 Å². The van der Waals surface area contributed by atoms with Crippen LogP contribution in [0.25, 0.3) is 0 Å². The van der Waals surface area contributed by atoms with Crippen molar-refractivity contribution >= 4 is 40.8 Å². The maximum atomic E-state index is 12.3. The highest BCUT2D eigenvalue weighted by Crippen LogP contribution is 2.22. The molecule has 2 aromatic carbocycles. The summed E-state index contributed by atoms with van der Waals surface area (Å²) in [5.41, 5.74) is 1.33. The van der Waals surface area contributed by atoms with Gasteiger partial charge in [0.05, 0.1) is 22.8 Å². The number of carbonyl (C=O) groups excluding carboxylic acids is 2. The van der Waals surface area contributed by atoms with E-state index in [1.54, 1.807) is 36.4 Å². The van der Waals surface area contributed by atoms with Crippen molar-refractivity contribution in [2.24, 2.45) is 0 Å². The summed E-state index contributed by atoms with van der Waals surface area (Å²) in [6, 6.07) is 11.2. The standard InChI is InChI=1S/C20H21Cl2NO3/c1-2-3-4-5-12-26-20(25)14-6-9-16(10-7-14)23-19(24)17-11-8-15(21)13-18(17)22/h6-11,13H,2-5,12H2,1H3,(H,23,24). The lowest BCUT2D eigenvalue weighted by molar-refractivity contribution is 0.0498. The van der Waals surface area contributed by atoms with Gasteiger partial charge in [-0.05, 0) is 48.9 Å². The first kappa shape index (κ1) is 20.3. The normalized spacial score (nSPS) is 10.4. The second-order valence-corrected chi connectivity index (χ2v) is 6.70. The number of carbonyl (C=O) groups is 2. The Hall–Kier alpha value is -2.04. The van der Waals surface area contributed by atoms with E-state index >= 15 is 0 Å². The molecule has 0 aromatic heterocycles. The van der Waals surface area contributed by atoms with Crippen LogP contribution in [0.5, 0.6) is 0 Å². The molecule has 2 aromatic rings. The molecule has 0 aliphatic heterocycles. The van der Waals surface area contributed by atoms with Gasteiger partial charge in [-0.3, -0.25) is 4.79 Å². The Morgan fingerprint density at radius 1 is 1.00 bits per heavy atom. The summed E-state index contributed by atoms with van der Waals surface area (Å²) in [6.45, 7) is 2.56. The monoisotopic (exact) mass is 393 g/mol. The summed E-state index contributed by atoms with van der Waals surface area (Å²) < 4.78 is 5.24. The molecule has 26 heavy (non-hydrogen) atoms. The van der Waals surface area contributed by atoms with Gasteiger partial charge in [0, 0.05) is 10.7 Å². The first-order chi connectivity index (χ1) is 12.5. The van der Waals surface area contributed by atoms with Gasteiger partial charge >= 0.3 is 5.97 Å². The van der Waals surface area contributed by atoms with Gasteiger partial charge in [0.1, 0.15) is 0 Å². The molecule has 0 aliphatic rings. The SMILES string of the molecule is CCCCCCOC(=O)c1ccc(NC(=O)c2ccc(Cl)cc2Cl)cc1. The van der Waals surface area contributed by atoms with E-state index < -0.39 is 0 Å². The molecule has 0 saturated heterocycles. The lowest BCUT2D eigenvalue weighted by Gasteiger charge is -2.08. The first-order valence-electron chi connectivity index (χ1n) is 8.55. The maximum Gasteiger partial charge on any atom is 0.338 e. The molecule has 2 rings (SSSR count). The van der Waals surface area contributed by atoms with Crippen molar-refractivity contribution < 1.29 is 14.3 Å². The molecule has 0 heterocycles. The second kappa shape index (κ2) is 10.2. The maximum absolute atomic E-state index is 12.3. The predicted molar refractivity (Wildman–Crippen MR) is 105 cm³/mol. The molecule has 0 saturated carbocycles. The van der Waals surface area contributed by atoms with Crippen molar-refractivity contribution in [3.63, 3.8) is 0 Å². The lowest BCUT2D eigenvalue weighted by Crippen LogP contribution is -2.13. The van der Waals surface area contributed by atoms with Crippen LogP contribution < -0.4 is 5.32 Å². The Bertz CT molecular complexity index is 760. The van der Waals surface area contributed by atoms with E-state index in [1.165, 1.54) is 6.07 Å². The van der Waals surface area contributed by atoms with Crippen molar-refractivity contribution in [3.05, 3.63) is 63.6 Å². The Morgan fingerprint density at radius 2 is 1.73 bits per heavy atom. The molecule has 1 amide bonds. The quantitative estimate of drug-likeness (QED) is 0.442. The number of amides is 1. The van der Waals surface area contributed by atoms with Crippen molar-refractivity contribution in [2.75, 3.05) is 11.9 Å². The van der Waals surface area contributed by atoms with Crippen LogP contribution in [0.4, 0.5) is 5.69 Å². The third-order valence-corrected chi connectivity index (χ3v) is 4.33. The fourth-order valence-corrected chi connectivity index (χ4v) is 2.83. The van der Waals surface area contributed by atoms with Crippen LogP contribution in [0.3, 0.4) is 0 Å². The van der Waals surface area contributed by atoms with Crippen molar-refractivity contribution in [2.45, 2.75) is 32.6 Å². The third kappa shape index (κ3) is 6.04. The van der Waals surface area contributed by atoms with E-state index in [0.29, 0.717) is 28.4 Å². The van der Waals surface area contributed by atoms with Gasteiger partial charge in [-0.15, -0.1) is 0 Å². The number of unbranched alkanes of at least 4 members (excludes halogenated alkanes) is 3. The minimum Gasteiger partial charge on any atom is -0.462 e. The smallest absolute Gasteiger partial charge is 0.338 e. The van der Waals surface area contributed by atoms with Gasteiger partial charge in [0.2, 0.25) is 0 Å². The van der Waals surface area contributed by atoms with Crippen LogP contribution in [0.15, 0.2) is 42.5 Å². The van der Waals surface area contributed by atoms with Gasteiger partial charge in [-0.25, -0.2) is 4.79 Å². The Labute approximate surface area is 163 Å². The number of benzene rings is 2. The minimum atomic E-state index is -0.361. The van der Waals surface area contributed by atoms with Gasteiger partial charge in [-0.1, -0.05) is 49.4 Å². The van der Waals surface area contributed by atoms with Crippen LogP contribution in [0.2, 0.25) is 10.0 Å². The van der Waals surface area contributed by atoms with Gasteiger partial charge in [0.25, 0.3) is 5.91 Å². The zero-order chi connectivity index (χ0) is 18.9. The summed E-state index contributed by atoms with van der Waals surface area (Å²) in [5.74, 6) is -0.710. The molecule has 4 nitrogen and oxygen atoms in total. The van der Waals surface area contributed by atoms with E-state index in [2.05, 4.69) is 12.2 Å². The third-order valence-electron chi connectivity index (χ3n) is 3.79. The molecule has 138 valence electrons. The van der Waals surface area contributed by atoms with Gasteiger partial charge in [0.15, 0.2) is 0 Å². The minimum absolute atomic E-state index is 0.276. The number of esters is 1. The van der Waals surface area contributed by atoms with Crippen LogP contribution in [0, 0.1) is 0 Å². The fraction of sp³-hybridized carbons (Fsp3) is 0.300. The van der Waals surface area contributed by atoms with Crippen molar-refractivity contribution in [1.29, 1.82) is 0 Å². The number of rotatable bonds is 8. The molecule has 1 N–H and O–H groups in total. The molecule has 0 unspecified atom stereocenters. The fourth-order valence-electron chi connectivity index (χ4n) is 2.34. The average Bonchev–Trinajstić information content (AvgIpc) is 2.62. The Kier molecular flexibility index (Phi) is 7.95. The molecule has 0 atom stereocenters. The zero-order valence-corrected chi connectivity index (χ0v) is 16.1. The average molecular weight is 394 g/mol. The number of hydrogen-bond donors (Lipinski definition) is 1. The van der Waals surface area contributed by atoms with E-state index in [1.807, 2.05) is 0 Å². The number of halogens is 2. The van der Waals surface area contributed by atoms with E-state index in [0.717, 1.165) is 25.7 Å². The molecule has 0 radical (unpaired) electrons. The highest BCUT2D eigenvalue weighted by atomic mass is 35.5. The number of ether oxygens (including phenoxy) is 1. The summed E-state index contributed by atoms with van der Waals surface area (Å²) in [5, 5.41) is 3.47.